The van der Waals surface area contributed by atoms with E-state index in [1.54, 1.807) is 11.8 Å². The van der Waals surface area contributed by atoms with Crippen LogP contribution in [0.3, 0.4) is 0 Å². The maximum atomic E-state index is 11.6. The van der Waals surface area contributed by atoms with E-state index in [0.29, 0.717) is 5.82 Å². The van der Waals surface area contributed by atoms with Crippen LogP contribution in [-0.4, -0.2) is 16.1 Å². The molecule has 0 spiro atoms. The maximum Gasteiger partial charge on any atom is 0.228 e. The molecule has 1 amide bonds. The molecule has 0 saturated heterocycles. The largest absolute Gasteiger partial charge is 0.309 e. The minimum absolute atomic E-state index is 0.0597. The normalized spacial score (nSPS) is 14.0. The summed E-state index contributed by atoms with van der Waals surface area (Å²) in [6.07, 6.45) is 1.98. The van der Waals surface area contributed by atoms with Gasteiger partial charge < -0.3 is 5.32 Å². The second kappa shape index (κ2) is 6.26. The lowest BCUT2D eigenvalue weighted by Crippen LogP contribution is -2.14. The molecule has 0 unspecified atom stereocenters. The second-order valence-corrected chi connectivity index (χ2v) is 6.29. The van der Waals surface area contributed by atoms with Crippen LogP contribution in [0.4, 0.5) is 5.82 Å². The van der Waals surface area contributed by atoms with Gasteiger partial charge in [0, 0.05) is 11.7 Å². The van der Waals surface area contributed by atoms with Crippen molar-refractivity contribution in [2.24, 2.45) is 5.92 Å². The molecule has 1 aliphatic rings. The predicted octanol–water partition coefficient (Wildman–Crippen LogP) is 3.43. The monoisotopic (exact) mass is 299 g/mol. The van der Waals surface area contributed by atoms with Crippen molar-refractivity contribution < 1.29 is 4.79 Å². The average Bonchev–Trinajstić information content (AvgIpc) is 3.31. The van der Waals surface area contributed by atoms with Gasteiger partial charge in [-0.3, -0.25) is 4.79 Å². The van der Waals surface area contributed by atoms with E-state index in [4.69, 9.17) is 0 Å². The molecule has 3 rings (SSSR count). The van der Waals surface area contributed by atoms with Crippen LogP contribution in [0, 0.1) is 12.8 Å². The van der Waals surface area contributed by atoms with Crippen LogP contribution in [-0.2, 0) is 10.5 Å². The van der Waals surface area contributed by atoms with Gasteiger partial charge in [-0.05, 0) is 37.5 Å². The van der Waals surface area contributed by atoms with E-state index in [1.165, 1.54) is 11.1 Å². The van der Waals surface area contributed by atoms with Gasteiger partial charge in [-0.15, -0.1) is 10.2 Å². The Labute approximate surface area is 128 Å². The van der Waals surface area contributed by atoms with Gasteiger partial charge in [0.05, 0.1) is 0 Å². The topological polar surface area (TPSA) is 54.9 Å². The Morgan fingerprint density at radius 3 is 2.81 bits per heavy atom. The van der Waals surface area contributed by atoms with Gasteiger partial charge in [-0.2, -0.15) is 0 Å². The number of carbonyl (C=O) groups excluding carboxylic acids is 1. The van der Waals surface area contributed by atoms with Crippen LogP contribution in [0.15, 0.2) is 41.4 Å². The third kappa shape index (κ3) is 4.04. The van der Waals surface area contributed by atoms with Crippen LogP contribution >= 0.6 is 11.8 Å². The summed E-state index contributed by atoms with van der Waals surface area (Å²) >= 11 is 1.64. The summed E-state index contributed by atoms with van der Waals surface area (Å²) in [4.78, 5) is 11.6. The third-order valence-corrected chi connectivity index (χ3v) is 4.30. The van der Waals surface area contributed by atoms with E-state index < -0.39 is 0 Å². The molecule has 2 aromatic rings. The zero-order valence-corrected chi connectivity index (χ0v) is 12.7. The molecule has 0 radical (unpaired) electrons. The molecule has 0 atom stereocenters. The first-order chi connectivity index (χ1) is 10.2. The van der Waals surface area contributed by atoms with E-state index >= 15 is 0 Å². The summed E-state index contributed by atoms with van der Waals surface area (Å²) in [6.45, 7) is 2.09. The Balaban J connectivity index is 1.55. The summed E-state index contributed by atoms with van der Waals surface area (Å²) in [5, 5.41) is 11.9. The summed E-state index contributed by atoms with van der Waals surface area (Å²) in [5.41, 5.74) is 2.53. The van der Waals surface area contributed by atoms with Gasteiger partial charge in [0.1, 0.15) is 5.03 Å². The summed E-state index contributed by atoms with van der Waals surface area (Å²) < 4.78 is 0. The van der Waals surface area contributed by atoms with Gasteiger partial charge in [-0.25, -0.2) is 0 Å². The molecular weight excluding hydrogens is 282 g/mol. The number of thioether (sulfide) groups is 1. The molecule has 4 nitrogen and oxygen atoms in total. The zero-order valence-electron chi connectivity index (χ0n) is 11.9. The highest BCUT2D eigenvalue weighted by Crippen LogP contribution is 2.30. The van der Waals surface area contributed by atoms with Gasteiger partial charge in [0.15, 0.2) is 5.82 Å². The molecule has 0 aliphatic heterocycles. The quantitative estimate of drug-likeness (QED) is 0.859. The molecular formula is C16H17N3OS. The number of amides is 1. The molecule has 1 aliphatic carbocycles. The Kier molecular flexibility index (Phi) is 4.20. The molecule has 1 aromatic carbocycles. The second-order valence-electron chi connectivity index (χ2n) is 5.30. The van der Waals surface area contributed by atoms with Crippen LogP contribution < -0.4 is 5.32 Å². The number of hydrogen-bond acceptors (Lipinski definition) is 4. The molecule has 1 fully saturated rings. The van der Waals surface area contributed by atoms with Crippen LogP contribution in [0.1, 0.15) is 24.0 Å². The van der Waals surface area contributed by atoms with Gasteiger partial charge >= 0.3 is 0 Å². The molecule has 0 bridgehead atoms. The Hall–Kier alpha value is -1.88. The minimum Gasteiger partial charge on any atom is -0.309 e. The lowest BCUT2D eigenvalue weighted by atomic mass is 10.2. The van der Waals surface area contributed by atoms with Gasteiger partial charge in [0.25, 0.3) is 0 Å². The van der Waals surface area contributed by atoms with E-state index in [9.17, 15) is 4.79 Å². The number of aryl methyl sites for hydroxylation is 1. The smallest absolute Gasteiger partial charge is 0.228 e. The highest BCUT2D eigenvalue weighted by atomic mass is 32.2. The van der Waals surface area contributed by atoms with Gasteiger partial charge in [0.2, 0.25) is 5.91 Å². The van der Waals surface area contributed by atoms with E-state index in [1.807, 2.05) is 12.1 Å². The minimum atomic E-state index is 0.0597. The predicted molar refractivity (Wildman–Crippen MR) is 84.1 cm³/mol. The standard InChI is InChI=1S/C16H17N3OS/c1-11-3-2-4-12(9-11)10-21-15-8-7-14(18-19-15)17-16(20)13-5-6-13/h2-4,7-9,13H,5-6,10H2,1H3,(H,17,18,20). The van der Waals surface area contributed by atoms with E-state index in [-0.39, 0.29) is 11.8 Å². The zero-order chi connectivity index (χ0) is 14.7. The first kappa shape index (κ1) is 14.1. The molecule has 5 heteroatoms. The number of benzene rings is 1. The molecule has 21 heavy (non-hydrogen) atoms. The maximum absolute atomic E-state index is 11.6. The van der Waals surface area contributed by atoms with Crippen molar-refractivity contribution in [2.75, 3.05) is 5.32 Å². The summed E-state index contributed by atoms with van der Waals surface area (Å²) in [5.74, 6) is 1.64. The average molecular weight is 299 g/mol. The highest BCUT2D eigenvalue weighted by molar-refractivity contribution is 7.98. The molecule has 108 valence electrons. The Morgan fingerprint density at radius 1 is 1.29 bits per heavy atom. The van der Waals surface area contributed by atoms with Crippen LogP contribution in [0.5, 0.6) is 0 Å². The lowest BCUT2D eigenvalue weighted by molar-refractivity contribution is -0.117. The van der Waals surface area contributed by atoms with Crippen molar-refractivity contribution in [3.8, 4) is 0 Å². The van der Waals surface area contributed by atoms with Crippen LogP contribution in [0.25, 0.3) is 0 Å². The number of carbonyl (C=O) groups is 1. The highest BCUT2D eigenvalue weighted by Gasteiger charge is 2.29. The number of nitrogens with one attached hydrogen (secondary N) is 1. The first-order valence-electron chi connectivity index (χ1n) is 7.03. The fourth-order valence-corrected chi connectivity index (χ4v) is 2.75. The van der Waals surface area contributed by atoms with Crippen molar-refractivity contribution in [1.82, 2.24) is 10.2 Å². The fraction of sp³-hybridized carbons (Fsp3) is 0.312. The molecule has 1 heterocycles. The van der Waals surface area contributed by atoms with Crippen molar-refractivity contribution in [1.29, 1.82) is 0 Å². The number of hydrogen-bond donors (Lipinski definition) is 1. The fourth-order valence-electron chi connectivity index (χ4n) is 2.00. The Bertz CT molecular complexity index is 638. The van der Waals surface area contributed by atoms with Crippen molar-refractivity contribution in [3.63, 3.8) is 0 Å². The molecule has 1 N–H and O–H groups in total. The van der Waals surface area contributed by atoms with Gasteiger partial charge in [-0.1, -0.05) is 41.6 Å². The number of aromatic nitrogens is 2. The van der Waals surface area contributed by atoms with Crippen molar-refractivity contribution in [3.05, 3.63) is 47.5 Å². The molecule has 1 saturated carbocycles. The SMILES string of the molecule is Cc1cccc(CSc2ccc(NC(=O)C3CC3)nn2)c1. The summed E-state index contributed by atoms with van der Waals surface area (Å²) in [7, 11) is 0. The summed E-state index contributed by atoms with van der Waals surface area (Å²) in [6, 6.07) is 12.1. The first-order valence-corrected chi connectivity index (χ1v) is 8.02. The van der Waals surface area contributed by atoms with Crippen molar-refractivity contribution in [2.45, 2.75) is 30.5 Å². The number of anilines is 1. The van der Waals surface area contributed by atoms with Crippen molar-refractivity contribution >= 4 is 23.5 Å². The Morgan fingerprint density at radius 2 is 2.14 bits per heavy atom. The number of rotatable bonds is 5. The van der Waals surface area contributed by atoms with Crippen LogP contribution in [0.2, 0.25) is 0 Å². The van der Waals surface area contributed by atoms with E-state index in [0.717, 1.165) is 23.6 Å². The van der Waals surface area contributed by atoms with E-state index in [2.05, 4.69) is 46.7 Å². The third-order valence-electron chi connectivity index (χ3n) is 3.31. The number of nitrogens with zero attached hydrogens (tertiary/aromatic N) is 2. The lowest BCUT2D eigenvalue weighted by Gasteiger charge is -2.04. The molecule has 1 aromatic heterocycles.